The molecule has 3 N–H and O–H groups in total. The molecule has 0 unspecified atom stereocenters. The van der Waals surface area contributed by atoms with Crippen LogP contribution in [-0.4, -0.2) is 63.3 Å². The number of phenolic OH excluding ortho intramolecular Hbond substituents is 1. The standard InChI is InChI=1S/C32H32F7N5O3/c1-19-29(42-14-12-41(13-15-42)16-21-10-11-28(47-21)32(37,38)39)30(46)44(18-26(40)22-6-3-4-9-27(22)45)20(2)43(19)17-23-24(31(34,35)36)7-5-8-25(23)33/h3-11,26,45H,2,12-18,40H2,1H3/t26-/m0/s1. The van der Waals surface area contributed by atoms with E-state index in [1.54, 1.807) is 23.1 Å². The number of piperazine rings is 1. The molecule has 1 fully saturated rings. The highest BCUT2D eigenvalue weighted by molar-refractivity contribution is 5.96. The molecular weight excluding hydrogens is 635 g/mol. The average Bonchev–Trinajstić information content (AvgIpc) is 3.48. The highest BCUT2D eigenvalue weighted by Crippen LogP contribution is 2.38. The second-order valence-electron chi connectivity index (χ2n) is 11.3. The van der Waals surface area contributed by atoms with Gasteiger partial charge in [-0.15, -0.1) is 0 Å². The number of para-hydroxylation sites is 1. The zero-order valence-electron chi connectivity index (χ0n) is 25.2. The van der Waals surface area contributed by atoms with Gasteiger partial charge in [0.05, 0.1) is 24.7 Å². The molecule has 0 bridgehead atoms. The number of benzene rings is 2. The Hall–Kier alpha value is -4.50. The highest BCUT2D eigenvalue weighted by atomic mass is 19.4. The van der Waals surface area contributed by atoms with Crippen LogP contribution in [0.4, 0.5) is 30.7 Å². The fraction of sp³-hybridized carbons (Fsp3) is 0.344. The zero-order valence-corrected chi connectivity index (χ0v) is 25.2. The van der Waals surface area contributed by atoms with E-state index in [0.717, 1.165) is 24.3 Å². The molecule has 3 aromatic rings. The van der Waals surface area contributed by atoms with Crippen LogP contribution in [0.3, 0.4) is 0 Å². The molecule has 3 heterocycles. The van der Waals surface area contributed by atoms with E-state index in [0.29, 0.717) is 18.7 Å². The first-order chi connectivity index (χ1) is 22.1. The van der Waals surface area contributed by atoms with Crippen LogP contribution in [0.2, 0.25) is 0 Å². The summed E-state index contributed by atoms with van der Waals surface area (Å²) in [4.78, 5) is 20.2. The molecule has 0 saturated carbocycles. The molecule has 0 spiro atoms. The molecule has 0 aliphatic carbocycles. The highest BCUT2D eigenvalue weighted by Gasteiger charge is 2.41. The molecular formula is C32H32F7N5O3. The first-order valence-corrected chi connectivity index (χ1v) is 14.6. The number of amides is 1. The second kappa shape index (κ2) is 13.0. The van der Waals surface area contributed by atoms with Gasteiger partial charge in [0.2, 0.25) is 5.76 Å². The summed E-state index contributed by atoms with van der Waals surface area (Å²) < 4.78 is 101. The molecule has 8 nitrogen and oxygen atoms in total. The molecule has 15 heteroatoms. The number of halogens is 7. The number of nitrogens with two attached hydrogens (primary N) is 1. The number of alkyl halides is 6. The molecule has 5 rings (SSSR count). The number of rotatable bonds is 8. The van der Waals surface area contributed by atoms with Crippen molar-refractivity contribution in [3.8, 4) is 5.75 Å². The van der Waals surface area contributed by atoms with Crippen molar-refractivity contribution < 1.29 is 45.1 Å². The SMILES string of the molecule is C=C1N(C[C@H](N)c2ccccc2O)C(=O)C(N2CCN(Cc3ccc(C(F)(F)F)o3)CC2)=C(C)N1Cc1c(F)cccc1C(F)(F)F. The molecule has 1 aromatic heterocycles. The Labute approximate surface area is 265 Å². The van der Waals surface area contributed by atoms with Crippen LogP contribution in [0.15, 0.2) is 82.8 Å². The predicted octanol–water partition coefficient (Wildman–Crippen LogP) is 6.03. The number of hydrogen-bond acceptors (Lipinski definition) is 7. The molecule has 2 aromatic carbocycles. The van der Waals surface area contributed by atoms with Gasteiger partial charge in [0.15, 0.2) is 0 Å². The number of carbonyl (C=O) groups is 1. The van der Waals surface area contributed by atoms with Crippen molar-refractivity contribution in [2.75, 3.05) is 32.7 Å². The van der Waals surface area contributed by atoms with Crippen LogP contribution < -0.4 is 5.73 Å². The van der Waals surface area contributed by atoms with E-state index in [9.17, 15) is 40.6 Å². The number of nitrogens with zero attached hydrogens (tertiary/aromatic N) is 4. The van der Waals surface area contributed by atoms with E-state index in [1.807, 2.05) is 4.90 Å². The van der Waals surface area contributed by atoms with Gasteiger partial charge < -0.3 is 25.1 Å². The molecule has 47 heavy (non-hydrogen) atoms. The van der Waals surface area contributed by atoms with Gasteiger partial charge in [-0.1, -0.05) is 30.8 Å². The van der Waals surface area contributed by atoms with Crippen molar-refractivity contribution in [1.82, 2.24) is 19.6 Å². The molecule has 0 radical (unpaired) electrons. The monoisotopic (exact) mass is 667 g/mol. The third-order valence-corrected chi connectivity index (χ3v) is 8.28. The molecule has 1 amide bonds. The van der Waals surface area contributed by atoms with Gasteiger partial charge in [-0.2, -0.15) is 26.3 Å². The van der Waals surface area contributed by atoms with Crippen LogP contribution in [0.1, 0.15) is 41.2 Å². The average molecular weight is 668 g/mol. The lowest BCUT2D eigenvalue weighted by molar-refractivity contribution is -0.153. The minimum atomic E-state index is -4.86. The van der Waals surface area contributed by atoms with E-state index in [4.69, 9.17) is 10.2 Å². The normalized spacial score (nSPS) is 17.6. The lowest BCUT2D eigenvalue weighted by Gasteiger charge is -2.45. The summed E-state index contributed by atoms with van der Waals surface area (Å²) >= 11 is 0. The number of hydrogen-bond donors (Lipinski definition) is 2. The minimum Gasteiger partial charge on any atom is -0.508 e. The van der Waals surface area contributed by atoms with E-state index in [1.165, 1.54) is 28.9 Å². The fourth-order valence-electron chi connectivity index (χ4n) is 5.83. The van der Waals surface area contributed by atoms with Crippen LogP contribution >= 0.6 is 0 Å². The molecule has 252 valence electrons. The Kier molecular flexibility index (Phi) is 9.33. The molecule has 2 aliphatic heterocycles. The number of phenols is 1. The summed E-state index contributed by atoms with van der Waals surface area (Å²) in [6, 6.07) is 10.1. The lowest BCUT2D eigenvalue weighted by Crippen LogP contribution is -2.53. The van der Waals surface area contributed by atoms with Gasteiger partial charge in [0, 0.05) is 49.5 Å². The van der Waals surface area contributed by atoms with Gasteiger partial charge >= 0.3 is 12.4 Å². The summed E-state index contributed by atoms with van der Waals surface area (Å²) in [5.41, 5.74) is 5.27. The summed E-state index contributed by atoms with van der Waals surface area (Å²) in [7, 11) is 0. The Morgan fingerprint density at radius 1 is 0.915 bits per heavy atom. The number of aromatic hydroxyl groups is 1. The predicted molar refractivity (Wildman–Crippen MR) is 156 cm³/mol. The van der Waals surface area contributed by atoms with Crippen LogP contribution in [0.25, 0.3) is 0 Å². The first-order valence-electron chi connectivity index (χ1n) is 14.6. The first kappa shape index (κ1) is 33.9. The van der Waals surface area contributed by atoms with Crippen molar-refractivity contribution >= 4 is 5.91 Å². The summed E-state index contributed by atoms with van der Waals surface area (Å²) in [6.45, 7) is 5.88. The maximum Gasteiger partial charge on any atom is 0.449 e. The Bertz CT molecular complexity index is 1680. The van der Waals surface area contributed by atoms with Crippen molar-refractivity contribution in [2.45, 2.75) is 38.4 Å². The Morgan fingerprint density at radius 2 is 1.60 bits per heavy atom. The summed E-state index contributed by atoms with van der Waals surface area (Å²) in [5, 5.41) is 10.3. The van der Waals surface area contributed by atoms with E-state index < -0.39 is 53.6 Å². The van der Waals surface area contributed by atoms with Crippen molar-refractivity contribution in [1.29, 1.82) is 0 Å². The van der Waals surface area contributed by atoms with Crippen LogP contribution in [-0.2, 0) is 30.2 Å². The number of carbonyl (C=O) groups excluding carboxylic acids is 1. The van der Waals surface area contributed by atoms with Gasteiger partial charge in [0.25, 0.3) is 5.91 Å². The van der Waals surface area contributed by atoms with E-state index in [-0.39, 0.29) is 54.9 Å². The van der Waals surface area contributed by atoms with Gasteiger partial charge in [-0.3, -0.25) is 14.6 Å². The third kappa shape index (κ3) is 7.10. The Balaban J connectivity index is 1.44. The lowest BCUT2D eigenvalue weighted by atomic mass is 10.0. The zero-order chi connectivity index (χ0) is 34.3. The molecule has 2 aliphatic rings. The van der Waals surface area contributed by atoms with Gasteiger partial charge in [-0.05, 0) is 37.3 Å². The largest absolute Gasteiger partial charge is 0.508 e. The molecule has 1 atom stereocenters. The Morgan fingerprint density at radius 3 is 2.21 bits per heavy atom. The quantitative estimate of drug-likeness (QED) is 0.284. The van der Waals surface area contributed by atoms with E-state index in [2.05, 4.69) is 6.58 Å². The van der Waals surface area contributed by atoms with Crippen molar-refractivity contribution in [3.05, 3.63) is 112 Å². The van der Waals surface area contributed by atoms with Crippen molar-refractivity contribution in [2.24, 2.45) is 5.73 Å². The van der Waals surface area contributed by atoms with Gasteiger partial charge in [-0.25, -0.2) is 4.39 Å². The summed E-state index contributed by atoms with van der Waals surface area (Å²) in [5.74, 6) is -2.77. The fourth-order valence-corrected chi connectivity index (χ4v) is 5.83. The number of allylic oxidation sites excluding steroid dienone is 1. The maximum atomic E-state index is 15.0. The maximum absolute atomic E-state index is 15.0. The third-order valence-electron chi connectivity index (χ3n) is 8.28. The second-order valence-corrected chi connectivity index (χ2v) is 11.3. The minimum absolute atomic E-state index is 0.0320. The van der Waals surface area contributed by atoms with Crippen LogP contribution in [0, 0.1) is 5.82 Å². The molecule has 1 saturated heterocycles. The van der Waals surface area contributed by atoms with Crippen LogP contribution in [0.5, 0.6) is 5.75 Å². The van der Waals surface area contributed by atoms with Gasteiger partial charge in [0.1, 0.15) is 28.8 Å². The summed E-state index contributed by atoms with van der Waals surface area (Å²) in [6.07, 6.45) is -9.47. The van der Waals surface area contributed by atoms with Crippen molar-refractivity contribution in [3.63, 3.8) is 0 Å². The van der Waals surface area contributed by atoms with E-state index >= 15 is 0 Å². The smallest absolute Gasteiger partial charge is 0.449 e. The number of furan rings is 1. The topological polar surface area (TPSA) is 89.4 Å².